The maximum Gasteiger partial charge on any atom is 0.287 e. The van der Waals surface area contributed by atoms with Gasteiger partial charge in [-0.1, -0.05) is 0 Å². The zero-order valence-electron chi connectivity index (χ0n) is 9.35. The minimum absolute atomic E-state index is 0.141. The molecule has 1 aromatic heterocycles. The summed E-state index contributed by atoms with van der Waals surface area (Å²) in [6.45, 7) is -0.162. The molecule has 0 fully saturated rings. The van der Waals surface area contributed by atoms with Crippen LogP contribution in [0.3, 0.4) is 0 Å². The van der Waals surface area contributed by atoms with Gasteiger partial charge in [0.1, 0.15) is 5.82 Å². The van der Waals surface area contributed by atoms with Crippen LogP contribution in [0, 0.1) is 5.82 Å². The number of rotatable bonds is 4. The topological polar surface area (TPSA) is 59.3 Å². The number of halogens is 1. The van der Waals surface area contributed by atoms with Gasteiger partial charge in [-0.05, 0) is 36.4 Å². The van der Waals surface area contributed by atoms with Crippen LogP contribution >= 0.6 is 0 Å². The molecule has 18 heavy (non-hydrogen) atoms. The second-order valence-electron chi connectivity index (χ2n) is 3.59. The molecule has 0 unspecified atom stereocenters. The van der Waals surface area contributed by atoms with Crippen molar-refractivity contribution in [2.45, 2.75) is 0 Å². The van der Waals surface area contributed by atoms with Crippen LogP contribution in [0.25, 0.3) is 0 Å². The Labute approximate surface area is 102 Å². The molecule has 92 valence electrons. The number of carbonyl (C=O) groups is 2. The Morgan fingerprint density at radius 1 is 1.17 bits per heavy atom. The Balaban J connectivity index is 1.92. The Bertz CT molecular complexity index is 546. The largest absolute Gasteiger partial charge is 0.459 e. The van der Waals surface area contributed by atoms with E-state index in [4.69, 9.17) is 4.42 Å². The van der Waals surface area contributed by atoms with Crippen molar-refractivity contribution in [1.82, 2.24) is 5.32 Å². The fourth-order valence-corrected chi connectivity index (χ4v) is 1.39. The predicted molar refractivity (Wildman–Crippen MR) is 61.8 cm³/mol. The fourth-order valence-electron chi connectivity index (χ4n) is 1.39. The van der Waals surface area contributed by atoms with Gasteiger partial charge in [0.15, 0.2) is 11.5 Å². The van der Waals surface area contributed by atoms with Crippen LogP contribution in [0.15, 0.2) is 47.1 Å². The van der Waals surface area contributed by atoms with Crippen molar-refractivity contribution >= 4 is 11.7 Å². The Morgan fingerprint density at radius 2 is 1.89 bits per heavy atom. The van der Waals surface area contributed by atoms with Crippen molar-refractivity contribution in [3.05, 3.63) is 59.8 Å². The van der Waals surface area contributed by atoms with E-state index in [1.54, 1.807) is 6.07 Å². The Morgan fingerprint density at radius 3 is 2.50 bits per heavy atom. The molecule has 0 aliphatic carbocycles. The molecule has 0 aliphatic rings. The van der Waals surface area contributed by atoms with Crippen molar-refractivity contribution in [2.75, 3.05) is 6.54 Å². The summed E-state index contributed by atoms with van der Waals surface area (Å²) in [4.78, 5) is 23.1. The van der Waals surface area contributed by atoms with Gasteiger partial charge >= 0.3 is 0 Å². The van der Waals surface area contributed by atoms with Gasteiger partial charge in [-0.3, -0.25) is 9.59 Å². The van der Waals surface area contributed by atoms with E-state index >= 15 is 0 Å². The number of amides is 1. The van der Waals surface area contributed by atoms with Crippen molar-refractivity contribution in [3.63, 3.8) is 0 Å². The number of furan rings is 1. The van der Waals surface area contributed by atoms with E-state index in [1.165, 1.54) is 36.6 Å². The van der Waals surface area contributed by atoms with Crippen molar-refractivity contribution in [1.29, 1.82) is 0 Å². The summed E-state index contributed by atoms with van der Waals surface area (Å²) < 4.78 is 17.5. The lowest BCUT2D eigenvalue weighted by atomic mass is 10.1. The highest BCUT2D eigenvalue weighted by molar-refractivity contribution is 6.01. The molecule has 1 N–H and O–H groups in total. The first kappa shape index (κ1) is 12.0. The average Bonchev–Trinajstić information content (AvgIpc) is 2.90. The average molecular weight is 247 g/mol. The standard InChI is InChI=1S/C13H10FNO3/c14-10-5-3-9(4-6-10)11(16)8-15-13(17)12-2-1-7-18-12/h1-7H,8H2,(H,15,17). The van der Waals surface area contributed by atoms with Crippen molar-refractivity contribution in [2.24, 2.45) is 0 Å². The Hall–Kier alpha value is -2.43. The maximum atomic E-state index is 12.7. The van der Waals surface area contributed by atoms with Crippen LogP contribution in [0.2, 0.25) is 0 Å². The molecular weight excluding hydrogens is 237 g/mol. The van der Waals surface area contributed by atoms with Crippen molar-refractivity contribution < 1.29 is 18.4 Å². The minimum Gasteiger partial charge on any atom is -0.459 e. The summed E-state index contributed by atoms with van der Waals surface area (Å²) in [6, 6.07) is 8.21. The first-order chi connectivity index (χ1) is 8.66. The van der Waals surface area contributed by atoms with Gasteiger partial charge in [-0.2, -0.15) is 0 Å². The number of carbonyl (C=O) groups excluding carboxylic acids is 2. The number of ketones is 1. The second-order valence-corrected chi connectivity index (χ2v) is 3.59. The van der Waals surface area contributed by atoms with Gasteiger partial charge < -0.3 is 9.73 Å². The smallest absolute Gasteiger partial charge is 0.287 e. The van der Waals surface area contributed by atoms with Gasteiger partial charge in [0, 0.05) is 5.56 Å². The second kappa shape index (κ2) is 5.27. The predicted octanol–water partition coefficient (Wildman–Crippen LogP) is 2.03. The molecule has 0 aliphatic heterocycles. The molecule has 0 spiro atoms. The highest BCUT2D eigenvalue weighted by atomic mass is 19.1. The maximum absolute atomic E-state index is 12.7. The molecule has 4 nitrogen and oxygen atoms in total. The van der Waals surface area contributed by atoms with Crippen LogP contribution < -0.4 is 5.32 Å². The quantitative estimate of drug-likeness (QED) is 0.841. The van der Waals surface area contributed by atoms with Crippen LogP contribution in [-0.4, -0.2) is 18.2 Å². The Kier molecular flexibility index (Phi) is 3.52. The van der Waals surface area contributed by atoms with Crippen LogP contribution in [-0.2, 0) is 0 Å². The van der Waals surface area contributed by atoms with E-state index in [9.17, 15) is 14.0 Å². The molecule has 0 saturated carbocycles. The molecule has 0 radical (unpaired) electrons. The molecule has 1 aromatic carbocycles. The summed E-state index contributed by atoms with van der Waals surface area (Å²) in [5.41, 5.74) is 0.344. The molecule has 0 saturated heterocycles. The van der Waals surface area contributed by atoms with Crippen LogP contribution in [0.4, 0.5) is 4.39 Å². The van der Waals surface area contributed by atoms with Gasteiger partial charge in [0.05, 0.1) is 12.8 Å². The van der Waals surface area contributed by atoms with Gasteiger partial charge in [-0.25, -0.2) is 4.39 Å². The van der Waals surface area contributed by atoms with Gasteiger partial charge in [0.25, 0.3) is 5.91 Å². The number of hydrogen-bond donors (Lipinski definition) is 1. The molecule has 0 atom stereocenters. The zero-order chi connectivity index (χ0) is 13.0. The summed E-state index contributed by atoms with van der Waals surface area (Å²) in [7, 11) is 0. The van der Waals surface area contributed by atoms with Crippen molar-refractivity contribution in [3.8, 4) is 0 Å². The van der Waals surface area contributed by atoms with Crippen LogP contribution in [0.5, 0.6) is 0 Å². The lowest BCUT2D eigenvalue weighted by Crippen LogP contribution is -2.29. The number of nitrogens with one attached hydrogen (secondary N) is 1. The lowest BCUT2D eigenvalue weighted by molar-refractivity contribution is 0.0885. The van der Waals surface area contributed by atoms with Gasteiger partial charge in [-0.15, -0.1) is 0 Å². The fraction of sp³-hybridized carbons (Fsp3) is 0.0769. The monoisotopic (exact) mass is 247 g/mol. The van der Waals surface area contributed by atoms with E-state index in [1.807, 2.05) is 0 Å². The third-order valence-corrected chi connectivity index (χ3v) is 2.32. The molecule has 1 amide bonds. The van der Waals surface area contributed by atoms with Crippen LogP contribution in [0.1, 0.15) is 20.9 Å². The number of Topliss-reactive ketones (excluding diaryl/α,β-unsaturated/α-hetero) is 1. The molecule has 0 bridgehead atoms. The lowest BCUT2D eigenvalue weighted by Gasteiger charge is -2.02. The third-order valence-electron chi connectivity index (χ3n) is 2.32. The minimum atomic E-state index is -0.463. The molecule has 2 aromatic rings. The van der Waals surface area contributed by atoms with E-state index in [2.05, 4.69) is 5.32 Å². The first-order valence-corrected chi connectivity index (χ1v) is 5.27. The molecule has 5 heteroatoms. The molecule has 2 rings (SSSR count). The summed E-state index contributed by atoms with van der Waals surface area (Å²) in [5, 5.41) is 2.42. The normalized spacial score (nSPS) is 10.1. The SMILES string of the molecule is O=C(CNC(=O)c1ccco1)c1ccc(F)cc1. The first-order valence-electron chi connectivity index (χ1n) is 5.27. The third kappa shape index (κ3) is 2.82. The van der Waals surface area contributed by atoms with E-state index < -0.39 is 11.7 Å². The summed E-state index contributed by atoms with van der Waals surface area (Å²) in [5.74, 6) is -1.03. The number of hydrogen-bond acceptors (Lipinski definition) is 3. The van der Waals surface area contributed by atoms with Gasteiger partial charge in [0.2, 0.25) is 0 Å². The van der Waals surface area contributed by atoms with E-state index in [0.717, 1.165) is 0 Å². The van der Waals surface area contributed by atoms with E-state index in [0.29, 0.717) is 5.56 Å². The highest BCUT2D eigenvalue weighted by Gasteiger charge is 2.11. The summed E-state index contributed by atoms with van der Waals surface area (Å²) >= 11 is 0. The van der Waals surface area contributed by atoms with E-state index in [-0.39, 0.29) is 18.1 Å². The highest BCUT2D eigenvalue weighted by Crippen LogP contribution is 2.04. The summed E-state index contributed by atoms with van der Waals surface area (Å²) in [6.07, 6.45) is 1.37. The zero-order valence-corrected chi connectivity index (χ0v) is 9.35. The molecule has 1 heterocycles. The molecular formula is C13H10FNO3. The number of benzene rings is 1.